The first-order valence-corrected chi connectivity index (χ1v) is 9.50. The van der Waals surface area contributed by atoms with Crippen LogP contribution in [0.15, 0.2) is 60.4 Å². The highest BCUT2D eigenvalue weighted by molar-refractivity contribution is 6.08. The Morgan fingerprint density at radius 1 is 1.16 bits per heavy atom. The zero-order chi connectivity index (χ0) is 22.8. The number of carbonyl (C=O) groups excluding carboxylic acids is 1. The van der Waals surface area contributed by atoms with Crippen molar-refractivity contribution in [2.45, 2.75) is 6.04 Å². The number of aliphatic carboxylic acids is 1. The molecule has 0 unspecified atom stereocenters. The van der Waals surface area contributed by atoms with Crippen molar-refractivity contribution < 1.29 is 28.6 Å². The van der Waals surface area contributed by atoms with E-state index in [9.17, 15) is 19.1 Å². The lowest BCUT2D eigenvalue weighted by Crippen LogP contribution is -2.26. The summed E-state index contributed by atoms with van der Waals surface area (Å²) < 4.78 is 26.2. The third-order valence-electron chi connectivity index (χ3n) is 4.98. The van der Waals surface area contributed by atoms with Crippen molar-refractivity contribution in [3.05, 3.63) is 77.4 Å². The number of halogens is 1. The maximum absolute atomic E-state index is 14.4. The van der Waals surface area contributed by atoms with Crippen molar-refractivity contribution >= 4 is 23.4 Å². The molecular weight excluding hydrogens is 419 g/mol. The maximum atomic E-state index is 14.4. The summed E-state index contributed by atoms with van der Waals surface area (Å²) in [6, 6.07) is 10.0. The number of aromatic nitrogens is 2. The number of carboxylic acid groups (broad SMARTS) is 1. The lowest BCUT2D eigenvalue weighted by Gasteiger charge is -2.24. The van der Waals surface area contributed by atoms with Gasteiger partial charge in [-0.3, -0.25) is 4.79 Å². The molecule has 2 heterocycles. The molecule has 1 atom stereocenters. The molecule has 0 aliphatic carbocycles. The summed E-state index contributed by atoms with van der Waals surface area (Å²) in [5.74, 6) is -1.24. The van der Waals surface area contributed by atoms with E-state index in [0.717, 1.165) is 0 Å². The van der Waals surface area contributed by atoms with Gasteiger partial charge in [-0.05, 0) is 24.3 Å². The monoisotopic (exact) mass is 438 g/mol. The van der Waals surface area contributed by atoms with Crippen LogP contribution in [0, 0.1) is 5.82 Å². The first-order chi connectivity index (χ1) is 15.4. The number of methoxy groups -OCH3 is 2. The van der Waals surface area contributed by atoms with Crippen molar-refractivity contribution in [3.8, 4) is 11.5 Å². The molecule has 0 fully saturated rings. The normalized spacial score (nSPS) is 14.6. The Labute approximate surface area is 182 Å². The van der Waals surface area contributed by atoms with Crippen LogP contribution in [0.2, 0.25) is 0 Å². The van der Waals surface area contributed by atoms with E-state index in [4.69, 9.17) is 9.47 Å². The van der Waals surface area contributed by atoms with Gasteiger partial charge in [-0.1, -0.05) is 18.2 Å². The molecule has 0 saturated heterocycles. The minimum absolute atomic E-state index is 0.0907. The highest BCUT2D eigenvalue weighted by Gasteiger charge is 2.30. The number of rotatable bonds is 6. The van der Waals surface area contributed by atoms with Crippen molar-refractivity contribution in [2.75, 3.05) is 24.9 Å². The fourth-order valence-electron chi connectivity index (χ4n) is 3.44. The van der Waals surface area contributed by atoms with Gasteiger partial charge in [0, 0.05) is 17.3 Å². The lowest BCUT2D eigenvalue weighted by atomic mass is 10.0. The van der Waals surface area contributed by atoms with E-state index < -0.39 is 23.7 Å². The van der Waals surface area contributed by atoms with Crippen LogP contribution in [0.3, 0.4) is 0 Å². The molecule has 0 saturated carbocycles. The Kier molecular flexibility index (Phi) is 5.50. The molecule has 32 heavy (non-hydrogen) atoms. The van der Waals surface area contributed by atoms with E-state index in [0.29, 0.717) is 17.2 Å². The number of allylic oxidation sites excluding steroid dienone is 1. The minimum Gasteiger partial charge on any atom is -0.493 e. The van der Waals surface area contributed by atoms with Gasteiger partial charge in [-0.25, -0.2) is 13.9 Å². The Morgan fingerprint density at radius 2 is 1.91 bits per heavy atom. The van der Waals surface area contributed by atoms with Gasteiger partial charge in [0.1, 0.15) is 28.9 Å². The molecule has 1 aliphatic heterocycles. The van der Waals surface area contributed by atoms with Gasteiger partial charge < -0.3 is 25.2 Å². The van der Waals surface area contributed by atoms with Gasteiger partial charge >= 0.3 is 5.97 Å². The van der Waals surface area contributed by atoms with Crippen LogP contribution in [-0.4, -0.2) is 41.0 Å². The number of carboxylic acids is 1. The fourth-order valence-corrected chi connectivity index (χ4v) is 3.44. The Balaban J connectivity index is 1.70. The number of anilines is 2. The van der Waals surface area contributed by atoms with Crippen molar-refractivity contribution in [1.29, 1.82) is 0 Å². The molecule has 3 N–H and O–H groups in total. The molecule has 164 valence electrons. The summed E-state index contributed by atoms with van der Waals surface area (Å²) in [4.78, 5) is 24.6. The largest absolute Gasteiger partial charge is 0.493 e. The Morgan fingerprint density at radius 3 is 2.59 bits per heavy atom. The van der Waals surface area contributed by atoms with Gasteiger partial charge in [0.25, 0.3) is 5.91 Å². The summed E-state index contributed by atoms with van der Waals surface area (Å²) in [7, 11) is 2.98. The summed E-state index contributed by atoms with van der Waals surface area (Å²) in [5, 5.41) is 19.2. The first kappa shape index (κ1) is 20.9. The second-order valence-electron chi connectivity index (χ2n) is 6.85. The van der Waals surface area contributed by atoms with Crippen LogP contribution in [0.25, 0.3) is 0 Å². The molecule has 0 radical (unpaired) electrons. The molecule has 2 aromatic carbocycles. The van der Waals surface area contributed by atoms with Gasteiger partial charge in [0.15, 0.2) is 11.5 Å². The van der Waals surface area contributed by atoms with Gasteiger partial charge in [0.05, 0.1) is 20.4 Å². The van der Waals surface area contributed by atoms with Crippen LogP contribution < -0.4 is 20.1 Å². The van der Waals surface area contributed by atoms with E-state index in [-0.39, 0.29) is 22.6 Å². The van der Waals surface area contributed by atoms with Crippen LogP contribution in [0.1, 0.15) is 22.0 Å². The third-order valence-corrected chi connectivity index (χ3v) is 4.98. The summed E-state index contributed by atoms with van der Waals surface area (Å²) in [6.45, 7) is 0. The number of benzene rings is 2. The van der Waals surface area contributed by atoms with Crippen LogP contribution in [0.5, 0.6) is 11.5 Å². The summed E-state index contributed by atoms with van der Waals surface area (Å²) in [5.41, 5.74) is 0.561. The molecule has 1 aromatic heterocycles. The number of hydrogen-bond acceptors (Lipinski definition) is 6. The average molecular weight is 438 g/mol. The van der Waals surface area contributed by atoms with Crippen molar-refractivity contribution in [1.82, 2.24) is 9.78 Å². The predicted molar refractivity (Wildman–Crippen MR) is 114 cm³/mol. The number of ether oxygens (including phenoxy) is 2. The molecule has 4 rings (SSSR count). The number of hydrogen-bond donors (Lipinski definition) is 3. The van der Waals surface area contributed by atoms with Crippen LogP contribution >= 0.6 is 0 Å². The van der Waals surface area contributed by atoms with Gasteiger partial charge in [-0.2, -0.15) is 5.10 Å². The first-order valence-electron chi connectivity index (χ1n) is 9.50. The summed E-state index contributed by atoms with van der Waals surface area (Å²) in [6.07, 6.45) is 2.64. The highest BCUT2D eigenvalue weighted by atomic mass is 19.1. The maximum Gasteiger partial charge on any atom is 0.352 e. The molecule has 10 heteroatoms. The fraction of sp³-hybridized carbons (Fsp3) is 0.136. The minimum atomic E-state index is -1.25. The predicted octanol–water partition coefficient (Wildman–Crippen LogP) is 3.28. The number of amides is 1. The second kappa shape index (κ2) is 8.42. The topological polar surface area (TPSA) is 115 Å². The van der Waals surface area contributed by atoms with Gasteiger partial charge in [-0.15, -0.1) is 0 Å². The molecule has 1 aliphatic rings. The van der Waals surface area contributed by atoms with Gasteiger partial charge in [0.2, 0.25) is 0 Å². The SMILES string of the molecule is COc1ccc(NC(=O)c2cnn3c2NC(C(=O)O)=C[C@H]3c2ccccc2F)cc1OC. The molecule has 1 amide bonds. The van der Waals surface area contributed by atoms with Crippen LogP contribution in [-0.2, 0) is 4.79 Å². The number of fused-ring (bicyclic) bond motifs is 1. The Hall–Kier alpha value is -4.34. The number of nitrogens with one attached hydrogen (secondary N) is 2. The average Bonchev–Trinajstić information content (AvgIpc) is 3.23. The standard InChI is InChI=1S/C22H19FN4O5/c1-31-18-8-7-12(9-19(18)32-2)25-21(28)14-11-24-27-17(13-5-3-4-6-15(13)23)10-16(22(29)30)26-20(14)27/h3-11,17,26H,1-2H3,(H,25,28)(H,29,30)/t17-/m0/s1. The molecule has 9 nitrogen and oxygen atoms in total. The number of nitrogens with zero attached hydrogens (tertiary/aromatic N) is 2. The van der Waals surface area contributed by atoms with E-state index in [1.165, 1.54) is 49.4 Å². The van der Waals surface area contributed by atoms with E-state index in [1.807, 2.05) is 0 Å². The molecule has 3 aromatic rings. The van der Waals surface area contributed by atoms with Crippen molar-refractivity contribution in [2.24, 2.45) is 0 Å². The summed E-state index contributed by atoms with van der Waals surface area (Å²) >= 11 is 0. The van der Waals surface area contributed by atoms with E-state index in [2.05, 4.69) is 15.7 Å². The molecule has 0 bridgehead atoms. The van der Waals surface area contributed by atoms with E-state index >= 15 is 0 Å². The smallest absolute Gasteiger partial charge is 0.352 e. The number of carbonyl (C=O) groups is 2. The van der Waals surface area contributed by atoms with E-state index in [1.54, 1.807) is 24.3 Å². The Bertz CT molecular complexity index is 1240. The zero-order valence-electron chi connectivity index (χ0n) is 17.1. The molecular formula is C22H19FN4O5. The zero-order valence-corrected chi connectivity index (χ0v) is 17.1. The second-order valence-corrected chi connectivity index (χ2v) is 6.85. The molecule has 0 spiro atoms. The van der Waals surface area contributed by atoms with Crippen molar-refractivity contribution in [3.63, 3.8) is 0 Å². The lowest BCUT2D eigenvalue weighted by molar-refractivity contribution is -0.132. The third kappa shape index (κ3) is 3.73. The van der Waals surface area contributed by atoms with Crippen LogP contribution in [0.4, 0.5) is 15.9 Å². The quantitative estimate of drug-likeness (QED) is 0.541. The highest BCUT2D eigenvalue weighted by Crippen LogP contribution is 2.34.